The van der Waals surface area contributed by atoms with Gasteiger partial charge in [0.05, 0.1) is 18.6 Å². The first-order valence-electron chi connectivity index (χ1n) is 5.66. The maximum absolute atomic E-state index is 5.86. The summed E-state index contributed by atoms with van der Waals surface area (Å²) in [5.74, 6) is 1.62. The predicted octanol–water partition coefficient (Wildman–Crippen LogP) is 0.458. The third-order valence-electron chi connectivity index (χ3n) is 3.48. The van der Waals surface area contributed by atoms with Gasteiger partial charge in [-0.15, -0.1) is 0 Å². The Morgan fingerprint density at radius 2 is 2.19 bits per heavy atom. The topological polar surface area (TPSA) is 64.3 Å². The molecule has 0 aromatic carbocycles. The monoisotopic (exact) mass is 220 g/mol. The van der Waals surface area contributed by atoms with E-state index >= 15 is 0 Å². The first kappa shape index (κ1) is 9.84. The minimum Gasteiger partial charge on any atom is -0.383 e. The van der Waals surface area contributed by atoms with Crippen LogP contribution in [0.1, 0.15) is 12.5 Å². The fourth-order valence-electron chi connectivity index (χ4n) is 2.51. The molecule has 2 aliphatic heterocycles. The highest BCUT2D eigenvalue weighted by Crippen LogP contribution is 2.40. The molecule has 0 unspecified atom stereocenters. The van der Waals surface area contributed by atoms with Gasteiger partial charge < -0.3 is 15.4 Å². The van der Waals surface area contributed by atoms with Gasteiger partial charge in [0.25, 0.3) is 0 Å². The molecule has 5 heteroatoms. The second-order valence-corrected chi connectivity index (χ2v) is 4.76. The van der Waals surface area contributed by atoms with Gasteiger partial charge in [-0.3, -0.25) is 0 Å². The van der Waals surface area contributed by atoms with Crippen LogP contribution in [0.3, 0.4) is 0 Å². The Kier molecular flexibility index (Phi) is 2.04. The summed E-state index contributed by atoms with van der Waals surface area (Å²) in [4.78, 5) is 10.7. The van der Waals surface area contributed by atoms with E-state index < -0.39 is 0 Å². The van der Waals surface area contributed by atoms with Crippen molar-refractivity contribution in [3.8, 4) is 0 Å². The normalized spacial score (nSPS) is 21.7. The van der Waals surface area contributed by atoms with E-state index in [2.05, 4.69) is 21.8 Å². The lowest BCUT2D eigenvalue weighted by molar-refractivity contribution is -0.127. The molecule has 2 N–H and O–H groups in total. The minimum absolute atomic E-state index is 0.407. The summed E-state index contributed by atoms with van der Waals surface area (Å²) in [5, 5.41) is 0. The number of hydrogen-bond donors (Lipinski definition) is 1. The van der Waals surface area contributed by atoms with E-state index in [1.54, 1.807) is 6.33 Å². The van der Waals surface area contributed by atoms with Crippen LogP contribution in [0.25, 0.3) is 0 Å². The molecule has 86 valence electrons. The third-order valence-corrected chi connectivity index (χ3v) is 3.48. The van der Waals surface area contributed by atoms with Crippen molar-refractivity contribution in [2.24, 2.45) is 5.41 Å². The summed E-state index contributed by atoms with van der Waals surface area (Å²) < 4.78 is 5.26. The fourth-order valence-corrected chi connectivity index (χ4v) is 2.51. The molecule has 2 aliphatic rings. The molecule has 0 atom stereocenters. The molecule has 1 spiro atoms. The molecule has 16 heavy (non-hydrogen) atoms. The van der Waals surface area contributed by atoms with E-state index in [0.717, 1.165) is 44.1 Å². The summed E-state index contributed by atoms with van der Waals surface area (Å²) in [5.41, 5.74) is 7.33. The number of ether oxygens (including phenoxy) is 1. The SMILES string of the molecule is CCc1c(N)ncnc1N1CC2(COC2)C1. The van der Waals surface area contributed by atoms with Gasteiger partial charge in [-0.25, -0.2) is 9.97 Å². The molecule has 3 heterocycles. The molecule has 0 radical (unpaired) electrons. The molecular weight excluding hydrogens is 204 g/mol. The zero-order valence-corrected chi connectivity index (χ0v) is 9.44. The third kappa shape index (κ3) is 1.28. The molecule has 0 bridgehead atoms. The van der Waals surface area contributed by atoms with Gasteiger partial charge in [0, 0.05) is 18.7 Å². The summed E-state index contributed by atoms with van der Waals surface area (Å²) in [7, 11) is 0. The lowest BCUT2D eigenvalue weighted by atomic mass is 9.78. The molecular formula is C11H16N4O. The van der Waals surface area contributed by atoms with E-state index in [9.17, 15) is 0 Å². The van der Waals surface area contributed by atoms with Crippen LogP contribution < -0.4 is 10.6 Å². The van der Waals surface area contributed by atoms with Crippen LogP contribution in [-0.2, 0) is 11.2 Å². The van der Waals surface area contributed by atoms with Crippen LogP contribution in [0, 0.1) is 5.41 Å². The lowest BCUT2D eigenvalue weighted by Crippen LogP contribution is -2.66. The molecule has 1 aromatic heterocycles. The van der Waals surface area contributed by atoms with Crippen molar-refractivity contribution in [3.05, 3.63) is 11.9 Å². The quantitative estimate of drug-likeness (QED) is 0.784. The smallest absolute Gasteiger partial charge is 0.137 e. The fraction of sp³-hybridized carbons (Fsp3) is 0.636. The average molecular weight is 220 g/mol. The molecule has 1 aromatic rings. The molecule has 0 saturated carbocycles. The van der Waals surface area contributed by atoms with Crippen molar-refractivity contribution < 1.29 is 4.74 Å². The zero-order valence-electron chi connectivity index (χ0n) is 9.44. The van der Waals surface area contributed by atoms with Gasteiger partial charge in [-0.05, 0) is 6.42 Å². The van der Waals surface area contributed by atoms with Gasteiger partial charge in [0.1, 0.15) is 18.0 Å². The van der Waals surface area contributed by atoms with E-state index in [1.165, 1.54) is 0 Å². The number of hydrogen-bond acceptors (Lipinski definition) is 5. The van der Waals surface area contributed by atoms with E-state index in [-0.39, 0.29) is 0 Å². The Labute approximate surface area is 94.6 Å². The van der Waals surface area contributed by atoms with Gasteiger partial charge in [0.15, 0.2) is 0 Å². The summed E-state index contributed by atoms with van der Waals surface area (Å²) >= 11 is 0. The number of rotatable bonds is 2. The lowest BCUT2D eigenvalue weighted by Gasteiger charge is -2.55. The Balaban J connectivity index is 1.82. The van der Waals surface area contributed by atoms with Crippen molar-refractivity contribution >= 4 is 11.6 Å². The van der Waals surface area contributed by atoms with Gasteiger partial charge in [0.2, 0.25) is 0 Å². The second kappa shape index (κ2) is 3.31. The van der Waals surface area contributed by atoms with E-state index in [1.807, 2.05) is 0 Å². The Bertz CT molecular complexity index is 408. The number of anilines is 2. The predicted molar refractivity (Wildman–Crippen MR) is 61.3 cm³/mol. The molecule has 0 aliphatic carbocycles. The number of nitrogens with two attached hydrogens (primary N) is 1. The molecule has 5 nitrogen and oxygen atoms in total. The summed E-state index contributed by atoms with van der Waals surface area (Å²) in [6.45, 7) is 5.95. The van der Waals surface area contributed by atoms with Crippen molar-refractivity contribution in [1.82, 2.24) is 9.97 Å². The van der Waals surface area contributed by atoms with Crippen LogP contribution >= 0.6 is 0 Å². The molecule has 2 fully saturated rings. The largest absolute Gasteiger partial charge is 0.383 e. The maximum Gasteiger partial charge on any atom is 0.137 e. The van der Waals surface area contributed by atoms with Gasteiger partial charge in [-0.1, -0.05) is 6.92 Å². The number of nitrogens with zero attached hydrogens (tertiary/aromatic N) is 3. The highest BCUT2D eigenvalue weighted by atomic mass is 16.5. The molecule has 3 rings (SSSR count). The van der Waals surface area contributed by atoms with E-state index in [0.29, 0.717) is 11.2 Å². The first-order valence-corrected chi connectivity index (χ1v) is 5.66. The van der Waals surface area contributed by atoms with Crippen molar-refractivity contribution in [2.75, 3.05) is 36.9 Å². The minimum atomic E-state index is 0.407. The van der Waals surface area contributed by atoms with Gasteiger partial charge >= 0.3 is 0 Å². The van der Waals surface area contributed by atoms with Crippen LogP contribution in [0.5, 0.6) is 0 Å². The highest BCUT2D eigenvalue weighted by Gasteiger charge is 2.49. The van der Waals surface area contributed by atoms with Crippen LogP contribution in [0.2, 0.25) is 0 Å². The average Bonchev–Trinajstić information content (AvgIpc) is 2.13. The second-order valence-electron chi connectivity index (χ2n) is 4.76. The Morgan fingerprint density at radius 3 is 2.75 bits per heavy atom. The van der Waals surface area contributed by atoms with Crippen LogP contribution in [0.15, 0.2) is 6.33 Å². The molecule has 2 saturated heterocycles. The van der Waals surface area contributed by atoms with Crippen molar-refractivity contribution in [2.45, 2.75) is 13.3 Å². The van der Waals surface area contributed by atoms with E-state index in [4.69, 9.17) is 10.5 Å². The Morgan fingerprint density at radius 1 is 1.44 bits per heavy atom. The first-order chi connectivity index (χ1) is 7.74. The molecule has 0 amide bonds. The van der Waals surface area contributed by atoms with Crippen LogP contribution in [0.4, 0.5) is 11.6 Å². The van der Waals surface area contributed by atoms with Crippen molar-refractivity contribution in [1.29, 1.82) is 0 Å². The van der Waals surface area contributed by atoms with Crippen LogP contribution in [-0.4, -0.2) is 36.3 Å². The zero-order chi connectivity index (χ0) is 11.2. The van der Waals surface area contributed by atoms with Crippen molar-refractivity contribution in [3.63, 3.8) is 0 Å². The standard InChI is InChI=1S/C11H16N4O/c1-2-8-9(12)13-7-14-10(8)15-3-11(4-15)5-16-6-11/h7H,2-6H2,1H3,(H2,12,13,14). The highest BCUT2D eigenvalue weighted by molar-refractivity contribution is 5.58. The maximum atomic E-state index is 5.86. The Hall–Kier alpha value is -1.36. The van der Waals surface area contributed by atoms with Gasteiger partial charge in [-0.2, -0.15) is 0 Å². The number of nitrogen functional groups attached to an aromatic ring is 1. The number of aromatic nitrogens is 2. The summed E-state index contributed by atoms with van der Waals surface area (Å²) in [6, 6.07) is 0. The summed E-state index contributed by atoms with van der Waals surface area (Å²) in [6.07, 6.45) is 2.42.